The van der Waals surface area contributed by atoms with Gasteiger partial charge in [-0.05, 0) is 81.0 Å². The van der Waals surface area contributed by atoms with Crippen LogP contribution in [0.3, 0.4) is 0 Å². The fraction of sp³-hybridized carbons (Fsp3) is 0.913. The zero-order valence-electron chi connectivity index (χ0n) is 17.5. The second-order valence-corrected chi connectivity index (χ2v) is 9.93. The molecule has 0 spiro atoms. The van der Waals surface area contributed by atoms with Crippen molar-refractivity contribution in [1.29, 1.82) is 0 Å². The molecule has 0 radical (unpaired) electrons. The molecule has 1 N–H and O–H groups in total. The first-order valence-corrected chi connectivity index (χ1v) is 10.6. The first-order valence-electron chi connectivity index (χ1n) is 10.6. The molecule has 24 heavy (non-hydrogen) atoms. The number of nitrogens with one attached hydrogen (secondary N) is 1. The lowest BCUT2D eigenvalue weighted by molar-refractivity contribution is 0.105. The van der Waals surface area contributed by atoms with Crippen molar-refractivity contribution < 1.29 is 0 Å². The quantitative estimate of drug-likeness (QED) is 0.494. The van der Waals surface area contributed by atoms with E-state index in [9.17, 15) is 0 Å². The van der Waals surface area contributed by atoms with Crippen LogP contribution in [0, 0.1) is 29.1 Å². The third-order valence-electron chi connectivity index (χ3n) is 8.10. The maximum absolute atomic E-state index is 4.22. The van der Waals surface area contributed by atoms with Gasteiger partial charge in [0.05, 0.1) is 0 Å². The molecule has 2 saturated carbocycles. The minimum atomic E-state index is 0.318. The number of hydrogen-bond acceptors (Lipinski definition) is 1. The topological polar surface area (TPSA) is 12.0 Å². The summed E-state index contributed by atoms with van der Waals surface area (Å²) in [7, 11) is 0. The highest BCUT2D eigenvalue weighted by atomic mass is 15.0. The molecule has 0 aromatic carbocycles. The minimum absolute atomic E-state index is 0.318. The molecule has 2 fully saturated rings. The van der Waals surface area contributed by atoms with Crippen LogP contribution in [0.2, 0.25) is 0 Å². The van der Waals surface area contributed by atoms with Crippen molar-refractivity contribution >= 4 is 0 Å². The van der Waals surface area contributed by atoms with E-state index < -0.39 is 0 Å². The molecule has 1 heteroatoms. The Hall–Kier alpha value is -0.300. The highest BCUT2D eigenvalue weighted by Gasteiger charge is 2.45. The molecule has 0 heterocycles. The van der Waals surface area contributed by atoms with Crippen LogP contribution in [-0.4, -0.2) is 11.6 Å². The summed E-state index contributed by atoms with van der Waals surface area (Å²) < 4.78 is 0. The van der Waals surface area contributed by atoms with Gasteiger partial charge in [-0.15, -0.1) is 0 Å². The standard InChI is InChI=1S/C23H43N/c1-9-23(8,10-2)24-20-12-11-19(21(20)16(3)4)13-14-22(7)15-17(5)18(22)6/h16,18-21,24H,5,9-15H2,1-4,6-8H3. The Morgan fingerprint density at radius 2 is 1.88 bits per heavy atom. The van der Waals surface area contributed by atoms with E-state index in [1.165, 1.54) is 50.5 Å². The summed E-state index contributed by atoms with van der Waals surface area (Å²) in [4.78, 5) is 0. The van der Waals surface area contributed by atoms with E-state index in [1.807, 2.05) is 0 Å². The monoisotopic (exact) mass is 333 g/mol. The van der Waals surface area contributed by atoms with Gasteiger partial charge in [0.25, 0.3) is 0 Å². The van der Waals surface area contributed by atoms with Crippen LogP contribution in [0.5, 0.6) is 0 Å². The Morgan fingerprint density at radius 3 is 2.33 bits per heavy atom. The molecule has 2 aliphatic rings. The first kappa shape index (κ1) is 20.0. The number of rotatable bonds is 8. The van der Waals surface area contributed by atoms with Gasteiger partial charge >= 0.3 is 0 Å². The van der Waals surface area contributed by atoms with Gasteiger partial charge in [0.1, 0.15) is 0 Å². The molecule has 5 unspecified atom stereocenters. The van der Waals surface area contributed by atoms with Gasteiger partial charge in [-0.2, -0.15) is 0 Å². The van der Waals surface area contributed by atoms with Crippen molar-refractivity contribution in [3.8, 4) is 0 Å². The maximum atomic E-state index is 4.22. The average Bonchev–Trinajstić information content (AvgIpc) is 2.95. The van der Waals surface area contributed by atoms with Crippen LogP contribution in [0.25, 0.3) is 0 Å². The van der Waals surface area contributed by atoms with Crippen molar-refractivity contribution in [2.24, 2.45) is 29.1 Å². The Kier molecular flexibility index (Phi) is 6.27. The van der Waals surface area contributed by atoms with E-state index in [1.54, 1.807) is 0 Å². The lowest BCUT2D eigenvalue weighted by atomic mass is 9.56. The number of hydrogen-bond donors (Lipinski definition) is 1. The van der Waals surface area contributed by atoms with E-state index >= 15 is 0 Å². The van der Waals surface area contributed by atoms with Crippen molar-refractivity contribution in [1.82, 2.24) is 5.32 Å². The zero-order valence-corrected chi connectivity index (χ0v) is 17.5. The van der Waals surface area contributed by atoms with E-state index in [0.717, 1.165) is 29.7 Å². The molecule has 0 bridgehead atoms. The Labute approximate surface area is 152 Å². The lowest BCUT2D eigenvalue weighted by Crippen LogP contribution is -2.50. The summed E-state index contributed by atoms with van der Waals surface area (Å²) >= 11 is 0. The van der Waals surface area contributed by atoms with E-state index in [-0.39, 0.29) is 0 Å². The second-order valence-electron chi connectivity index (χ2n) is 9.93. The summed E-state index contributed by atoms with van der Waals surface area (Å²) in [6, 6.07) is 0.724. The van der Waals surface area contributed by atoms with Crippen LogP contribution < -0.4 is 5.32 Å². The van der Waals surface area contributed by atoms with Crippen LogP contribution in [0.1, 0.15) is 93.4 Å². The molecule has 2 rings (SSSR count). The summed E-state index contributed by atoms with van der Waals surface area (Å²) in [6.45, 7) is 21.1. The molecule has 140 valence electrons. The second kappa shape index (κ2) is 7.52. The predicted octanol–water partition coefficient (Wildman–Crippen LogP) is 6.59. The van der Waals surface area contributed by atoms with E-state index in [2.05, 4.69) is 60.4 Å². The summed E-state index contributed by atoms with van der Waals surface area (Å²) in [5.74, 6) is 3.28. The first-order chi connectivity index (χ1) is 11.2. The summed E-state index contributed by atoms with van der Waals surface area (Å²) in [6.07, 6.45) is 9.34. The fourth-order valence-corrected chi connectivity index (χ4v) is 5.53. The van der Waals surface area contributed by atoms with Gasteiger partial charge in [-0.1, -0.05) is 53.7 Å². The van der Waals surface area contributed by atoms with Crippen molar-refractivity contribution in [2.45, 2.75) is 105 Å². The molecular weight excluding hydrogens is 290 g/mol. The molecule has 5 atom stereocenters. The third kappa shape index (κ3) is 3.92. The Balaban J connectivity index is 1.97. The highest BCUT2D eigenvalue weighted by Crippen LogP contribution is 2.54. The van der Waals surface area contributed by atoms with E-state index in [0.29, 0.717) is 11.0 Å². The molecule has 1 nitrogen and oxygen atoms in total. The smallest absolute Gasteiger partial charge is 0.0150 e. The molecule has 0 aromatic heterocycles. The minimum Gasteiger partial charge on any atom is -0.308 e. The largest absolute Gasteiger partial charge is 0.308 e. The van der Waals surface area contributed by atoms with Crippen LogP contribution >= 0.6 is 0 Å². The number of allylic oxidation sites excluding steroid dienone is 1. The van der Waals surface area contributed by atoms with Gasteiger partial charge < -0.3 is 5.32 Å². The maximum Gasteiger partial charge on any atom is 0.0150 e. The van der Waals surface area contributed by atoms with Gasteiger partial charge in [-0.25, -0.2) is 0 Å². The van der Waals surface area contributed by atoms with Gasteiger partial charge in [0, 0.05) is 11.6 Å². The summed E-state index contributed by atoms with van der Waals surface area (Å²) in [5, 5.41) is 4.08. The van der Waals surface area contributed by atoms with Crippen LogP contribution in [-0.2, 0) is 0 Å². The Bertz CT molecular complexity index is 433. The molecule has 0 aromatic rings. The predicted molar refractivity (Wildman–Crippen MR) is 107 cm³/mol. The van der Waals surface area contributed by atoms with Crippen LogP contribution in [0.4, 0.5) is 0 Å². The molecule has 0 saturated heterocycles. The van der Waals surface area contributed by atoms with Crippen LogP contribution in [0.15, 0.2) is 12.2 Å². The molecular formula is C23H43N. The van der Waals surface area contributed by atoms with Gasteiger partial charge in [-0.3, -0.25) is 0 Å². The highest BCUT2D eigenvalue weighted by molar-refractivity contribution is 5.18. The molecule has 0 amide bonds. The van der Waals surface area contributed by atoms with Crippen molar-refractivity contribution in [3.05, 3.63) is 12.2 Å². The van der Waals surface area contributed by atoms with Gasteiger partial charge in [0.2, 0.25) is 0 Å². The van der Waals surface area contributed by atoms with E-state index in [4.69, 9.17) is 0 Å². The lowest BCUT2D eigenvalue weighted by Gasteiger charge is -2.48. The Morgan fingerprint density at radius 1 is 1.25 bits per heavy atom. The average molecular weight is 334 g/mol. The zero-order chi connectivity index (χ0) is 18.1. The normalized spacial score (nSPS) is 37.1. The molecule has 2 aliphatic carbocycles. The van der Waals surface area contributed by atoms with Crippen molar-refractivity contribution in [3.63, 3.8) is 0 Å². The van der Waals surface area contributed by atoms with Gasteiger partial charge in [0.15, 0.2) is 0 Å². The third-order valence-corrected chi connectivity index (χ3v) is 8.10. The summed E-state index contributed by atoms with van der Waals surface area (Å²) in [5.41, 5.74) is 2.33. The molecule has 0 aliphatic heterocycles. The SMILES string of the molecule is C=C1CC(C)(CCC2CCC(NC(C)(CC)CC)C2C(C)C)C1C. The van der Waals surface area contributed by atoms with Crippen molar-refractivity contribution in [2.75, 3.05) is 0 Å². The fourth-order valence-electron chi connectivity index (χ4n) is 5.53.